The van der Waals surface area contributed by atoms with E-state index in [1.165, 1.54) is 7.11 Å². The Balaban J connectivity index is 2.88. The van der Waals surface area contributed by atoms with E-state index in [-0.39, 0.29) is 5.75 Å². The van der Waals surface area contributed by atoms with Crippen LogP contribution in [0.25, 0.3) is 11.1 Å². The zero-order valence-electron chi connectivity index (χ0n) is 10.9. The van der Waals surface area contributed by atoms with Crippen molar-refractivity contribution in [2.75, 3.05) is 7.11 Å². The minimum atomic E-state index is -0.442. The van der Waals surface area contributed by atoms with Crippen molar-refractivity contribution in [1.29, 1.82) is 0 Å². The molecule has 0 atom stereocenters. The standard InChI is InChI=1S/C15H12Br2O3/c1-8-10(15(19)20-2)11(9-6-4-3-5-7-9)13(17)14(18)12(8)16/h3-7,18H,1-2H3. The quantitative estimate of drug-likeness (QED) is 0.745. The van der Waals surface area contributed by atoms with E-state index in [4.69, 9.17) is 4.74 Å². The van der Waals surface area contributed by atoms with Gasteiger partial charge in [0, 0.05) is 5.56 Å². The summed E-state index contributed by atoms with van der Waals surface area (Å²) in [7, 11) is 1.34. The number of ether oxygens (including phenoxy) is 1. The molecular weight excluding hydrogens is 388 g/mol. The number of halogens is 2. The lowest BCUT2D eigenvalue weighted by Crippen LogP contribution is -2.08. The summed E-state index contributed by atoms with van der Waals surface area (Å²) in [6.45, 7) is 1.76. The Bertz CT molecular complexity index is 667. The summed E-state index contributed by atoms with van der Waals surface area (Å²) in [5, 5.41) is 10.2. The van der Waals surface area contributed by atoms with Crippen LogP contribution >= 0.6 is 31.9 Å². The maximum atomic E-state index is 12.1. The largest absolute Gasteiger partial charge is 0.506 e. The van der Waals surface area contributed by atoms with Gasteiger partial charge in [-0.3, -0.25) is 0 Å². The van der Waals surface area contributed by atoms with E-state index in [9.17, 15) is 9.90 Å². The van der Waals surface area contributed by atoms with Gasteiger partial charge in [0.2, 0.25) is 0 Å². The topological polar surface area (TPSA) is 46.5 Å². The molecular formula is C15H12Br2O3. The second-order valence-electron chi connectivity index (χ2n) is 4.21. The first kappa shape index (κ1) is 15.1. The fourth-order valence-corrected chi connectivity index (χ4v) is 3.32. The maximum absolute atomic E-state index is 12.1. The minimum Gasteiger partial charge on any atom is -0.506 e. The number of rotatable bonds is 2. The molecule has 3 nitrogen and oxygen atoms in total. The average molecular weight is 400 g/mol. The summed E-state index contributed by atoms with van der Waals surface area (Å²) in [6, 6.07) is 9.38. The van der Waals surface area contributed by atoms with Crippen LogP contribution in [0, 0.1) is 6.92 Å². The Morgan fingerprint density at radius 1 is 1.15 bits per heavy atom. The number of phenolic OH excluding ortho intramolecular Hbond substituents is 1. The predicted molar refractivity (Wildman–Crippen MR) is 85.0 cm³/mol. The van der Waals surface area contributed by atoms with Crippen molar-refractivity contribution in [3.63, 3.8) is 0 Å². The van der Waals surface area contributed by atoms with Gasteiger partial charge in [-0.1, -0.05) is 30.3 Å². The lowest BCUT2D eigenvalue weighted by atomic mass is 9.95. The third-order valence-electron chi connectivity index (χ3n) is 3.04. The number of benzene rings is 2. The monoisotopic (exact) mass is 398 g/mol. The molecule has 0 aliphatic rings. The smallest absolute Gasteiger partial charge is 0.338 e. The molecule has 5 heteroatoms. The Labute approximate surface area is 133 Å². The number of hydrogen-bond acceptors (Lipinski definition) is 3. The van der Waals surface area contributed by atoms with Crippen LogP contribution in [-0.4, -0.2) is 18.2 Å². The van der Waals surface area contributed by atoms with Gasteiger partial charge in [-0.05, 0) is 49.9 Å². The molecule has 0 heterocycles. The summed E-state index contributed by atoms with van der Waals surface area (Å²) in [5.41, 5.74) is 2.51. The molecule has 0 saturated carbocycles. The van der Waals surface area contributed by atoms with Crippen molar-refractivity contribution >= 4 is 37.8 Å². The number of carbonyl (C=O) groups excluding carboxylic acids is 1. The van der Waals surface area contributed by atoms with Gasteiger partial charge in [0.15, 0.2) is 0 Å². The van der Waals surface area contributed by atoms with Crippen LogP contribution in [0.4, 0.5) is 0 Å². The van der Waals surface area contributed by atoms with Gasteiger partial charge in [0.05, 0.1) is 21.6 Å². The Morgan fingerprint density at radius 2 is 1.75 bits per heavy atom. The molecule has 0 spiro atoms. The highest BCUT2D eigenvalue weighted by Gasteiger charge is 2.24. The van der Waals surface area contributed by atoms with Crippen LogP contribution < -0.4 is 0 Å². The highest BCUT2D eigenvalue weighted by Crippen LogP contribution is 2.45. The Hall–Kier alpha value is -1.33. The molecule has 0 aromatic heterocycles. The van der Waals surface area contributed by atoms with Gasteiger partial charge in [-0.2, -0.15) is 0 Å². The number of carbonyl (C=O) groups is 1. The van der Waals surface area contributed by atoms with Crippen molar-refractivity contribution in [2.24, 2.45) is 0 Å². The van der Waals surface area contributed by atoms with Crippen molar-refractivity contribution < 1.29 is 14.6 Å². The highest BCUT2D eigenvalue weighted by molar-refractivity contribution is 9.11. The van der Waals surface area contributed by atoms with Crippen LogP contribution in [0.15, 0.2) is 39.3 Å². The fraction of sp³-hybridized carbons (Fsp3) is 0.133. The van der Waals surface area contributed by atoms with E-state index in [2.05, 4.69) is 31.9 Å². The molecule has 0 fully saturated rings. The average Bonchev–Trinajstić information content (AvgIpc) is 2.48. The summed E-state index contributed by atoms with van der Waals surface area (Å²) in [6.07, 6.45) is 0. The second-order valence-corrected chi connectivity index (χ2v) is 5.80. The van der Waals surface area contributed by atoms with Crippen LogP contribution in [0.5, 0.6) is 5.75 Å². The van der Waals surface area contributed by atoms with E-state index in [0.717, 1.165) is 5.56 Å². The van der Waals surface area contributed by atoms with Crippen LogP contribution in [0.1, 0.15) is 15.9 Å². The van der Waals surface area contributed by atoms with Crippen molar-refractivity contribution in [3.8, 4) is 16.9 Å². The van der Waals surface area contributed by atoms with E-state index < -0.39 is 5.97 Å². The van der Waals surface area contributed by atoms with Crippen LogP contribution in [0.3, 0.4) is 0 Å². The molecule has 1 N–H and O–H groups in total. The molecule has 2 aromatic rings. The minimum absolute atomic E-state index is 0.0639. The Kier molecular flexibility index (Phi) is 4.50. The van der Waals surface area contributed by atoms with Crippen molar-refractivity contribution in [2.45, 2.75) is 6.92 Å². The maximum Gasteiger partial charge on any atom is 0.338 e. The summed E-state index contributed by atoms with van der Waals surface area (Å²) >= 11 is 6.66. The van der Waals surface area contributed by atoms with Gasteiger partial charge >= 0.3 is 5.97 Å². The molecule has 2 aromatic carbocycles. The van der Waals surface area contributed by atoms with Crippen molar-refractivity contribution in [1.82, 2.24) is 0 Å². The summed E-state index contributed by atoms with van der Waals surface area (Å²) < 4.78 is 5.80. The van der Waals surface area contributed by atoms with Gasteiger partial charge in [-0.15, -0.1) is 0 Å². The van der Waals surface area contributed by atoms with Gasteiger partial charge in [-0.25, -0.2) is 4.79 Å². The number of aromatic hydroxyl groups is 1. The fourth-order valence-electron chi connectivity index (χ4n) is 2.03. The predicted octanol–water partition coefficient (Wildman–Crippen LogP) is 4.68. The van der Waals surface area contributed by atoms with Crippen LogP contribution in [0.2, 0.25) is 0 Å². The van der Waals surface area contributed by atoms with E-state index >= 15 is 0 Å². The number of hydrogen-bond donors (Lipinski definition) is 1. The Morgan fingerprint density at radius 3 is 2.30 bits per heavy atom. The van der Waals surface area contributed by atoms with Gasteiger partial charge in [0.25, 0.3) is 0 Å². The van der Waals surface area contributed by atoms with E-state index in [1.807, 2.05) is 30.3 Å². The first-order chi connectivity index (χ1) is 9.49. The molecule has 104 valence electrons. The molecule has 0 aliphatic heterocycles. The van der Waals surface area contributed by atoms with E-state index in [1.54, 1.807) is 6.92 Å². The number of esters is 1. The molecule has 0 amide bonds. The molecule has 2 rings (SSSR count). The third kappa shape index (κ3) is 2.47. The SMILES string of the molecule is COC(=O)c1c(C)c(Br)c(O)c(Br)c1-c1ccccc1. The second kappa shape index (κ2) is 5.97. The zero-order chi connectivity index (χ0) is 14.9. The lowest BCUT2D eigenvalue weighted by molar-refractivity contribution is 0.0600. The van der Waals surface area contributed by atoms with E-state index in [0.29, 0.717) is 25.6 Å². The summed E-state index contributed by atoms with van der Waals surface area (Å²) in [4.78, 5) is 12.1. The van der Waals surface area contributed by atoms with Gasteiger partial charge < -0.3 is 9.84 Å². The first-order valence-corrected chi connectivity index (χ1v) is 7.41. The molecule has 0 bridgehead atoms. The van der Waals surface area contributed by atoms with Crippen LogP contribution in [-0.2, 0) is 4.74 Å². The number of phenols is 1. The lowest BCUT2D eigenvalue weighted by Gasteiger charge is -2.16. The zero-order valence-corrected chi connectivity index (χ0v) is 14.1. The molecule has 0 aliphatic carbocycles. The number of methoxy groups -OCH3 is 1. The third-order valence-corrected chi connectivity index (χ3v) is 4.78. The molecule has 0 unspecified atom stereocenters. The molecule has 20 heavy (non-hydrogen) atoms. The summed E-state index contributed by atoms with van der Waals surface area (Å²) in [5.74, 6) is -0.378. The molecule has 0 radical (unpaired) electrons. The molecule has 0 saturated heterocycles. The normalized spacial score (nSPS) is 10.4. The van der Waals surface area contributed by atoms with Gasteiger partial charge in [0.1, 0.15) is 5.75 Å². The first-order valence-electron chi connectivity index (χ1n) is 5.83. The highest BCUT2D eigenvalue weighted by atomic mass is 79.9. The van der Waals surface area contributed by atoms with Crippen molar-refractivity contribution in [3.05, 3.63) is 50.4 Å².